The maximum atomic E-state index is 12.6. The third kappa shape index (κ3) is 1.97. The van der Waals surface area contributed by atoms with Crippen LogP contribution in [-0.2, 0) is 9.53 Å². The molecule has 0 radical (unpaired) electrons. The quantitative estimate of drug-likeness (QED) is 0.696. The maximum absolute atomic E-state index is 12.6. The fourth-order valence-electron chi connectivity index (χ4n) is 6.14. The van der Waals surface area contributed by atoms with E-state index < -0.39 is 0 Å². The molecule has 0 aromatic rings. The first-order chi connectivity index (χ1) is 9.57. The lowest BCUT2D eigenvalue weighted by Crippen LogP contribution is -2.59. The number of carbonyl (C=O) groups is 1. The van der Waals surface area contributed by atoms with Gasteiger partial charge in [0.1, 0.15) is 5.78 Å². The molecule has 0 aromatic carbocycles. The molecule has 1 heterocycles. The molecule has 120 valence electrons. The maximum Gasteiger partial charge on any atom is 0.139 e. The number of fused-ring (bicyclic) bond motifs is 3. The fourth-order valence-corrected chi connectivity index (χ4v) is 6.14. The van der Waals surface area contributed by atoms with Crippen LogP contribution in [0.15, 0.2) is 0 Å². The number of ether oxygens (including phenoxy) is 1. The van der Waals surface area contributed by atoms with E-state index >= 15 is 0 Å². The first kappa shape index (κ1) is 15.5. The topological polar surface area (TPSA) is 26.3 Å². The van der Waals surface area contributed by atoms with Gasteiger partial charge in [0.25, 0.3) is 0 Å². The number of carbonyl (C=O) groups excluding carboxylic acids is 1. The number of ketones is 1. The van der Waals surface area contributed by atoms with Crippen molar-refractivity contribution in [3.05, 3.63) is 0 Å². The second kappa shape index (κ2) is 4.34. The van der Waals surface area contributed by atoms with Gasteiger partial charge in [-0.2, -0.15) is 0 Å². The van der Waals surface area contributed by atoms with Gasteiger partial charge < -0.3 is 4.74 Å². The van der Waals surface area contributed by atoms with Gasteiger partial charge in [0, 0.05) is 11.8 Å². The van der Waals surface area contributed by atoms with Crippen LogP contribution in [0.3, 0.4) is 0 Å². The van der Waals surface area contributed by atoms with Gasteiger partial charge in [-0.15, -0.1) is 0 Å². The van der Waals surface area contributed by atoms with Crippen molar-refractivity contribution in [1.82, 2.24) is 0 Å². The van der Waals surface area contributed by atoms with E-state index in [-0.39, 0.29) is 22.0 Å². The van der Waals surface area contributed by atoms with Gasteiger partial charge in [0.2, 0.25) is 0 Å². The minimum absolute atomic E-state index is 0.0328. The zero-order chi connectivity index (χ0) is 15.7. The molecule has 0 bridgehead atoms. The van der Waals surface area contributed by atoms with Crippen molar-refractivity contribution < 1.29 is 9.53 Å². The molecule has 5 atom stereocenters. The van der Waals surface area contributed by atoms with Crippen LogP contribution in [0.4, 0.5) is 0 Å². The lowest BCUT2D eigenvalue weighted by Gasteiger charge is -2.60. The van der Waals surface area contributed by atoms with Crippen molar-refractivity contribution in [3.8, 4) is 0 Å². The van der Waals surface area contributed by atoms with Gasteiger partial charge in [-0.1, -0.05) is 27.7 Å². The molecule has 2 nitrogen and oxygen atoms in total. The van der Waals surface area contributed by atoms with Crippen LogP contribution in [0.1, 0.15) is 80.1 Å². The van der Waals surface area contributed by atoms with E-state index in [0.717, 1.165) is 32.1 Å². The van der Waals surface area contributed by atoms with Crippen LogP contribution in [0.2, 0.25) is 0 Å². The Morgan fingerprint density at radius 2 is 1.67 bits per heavy atom. The predicted molar refractivity (Wildman–Crippen MR) is 85.1 cm³/mol. The minimum Gasteiger partial charge on any atom is -0.369 e. The van der Waals surface area contributed by atoms with E-state index in [9.17, 15) is 4.79 Å². The molecule has 1 saturated heterocycles. The molecular formula is C19H32O2. The van der Waals surface area contributed by atoms with Crippen LogP contribution in [-0.4, -0.2) is 17.0 Å². The van der Waals surface area contributed by atoms with E-state index in [4.69, 9.17) is 4.74 Å². The summed E-state index contributed by atoms with van der Waals surface area (Å²) in [5.74, 6) is 1.54. The van der Waals surface area contributed by atoms with E-state index in [2.05, 4.69) is 41.5 Å². The van der Waals surface area contributed by atoms with E-state index in [1.54, 1.807) is 0 Å². The Morgan fingerprint density at radius 1 is 1.05 bits per heavy atom. The molecule has 1 aliphatic heterocycles. The first-order valence-corrected chi connectivity index (χ1v) is 8.81. The summed E-state index contributed by atoms with van der Waals surface area (Å²) in [7, 11) is 0. The molecule has 2 saturated carbocycles. The Labute approximate surface area is 130 Å². The molecule has 21 heavy (non-hydrogen) atoms. The number of Topliss-reactive ketones (excluding diaryl/α,β-unsaturated/α-hetero) is 1. The van der Waals surface area contributed by atoms with Crippen LogP contribution in [0.25, 0.3) is 0 Å². The first-order valence-electron chi connectivity index (χ1n) is 8.81. The van der Waals surface area contributed by atoms with E-state index in [1.807, 2.05) is 0 Å². The van der Waals surface area contributed by atoms with Crippen molar-refractivity contribution in [2.75, 3.05) is 0 Å². The van der Waals surface area contributed by atoms with Crippen LogP contribution >= 0.6 is 0 Å². The predicted octanol–water partition coefficient (Wildman–Crippen LogP) is 4.76. The molecule has 3 aliphatic rings. The normalized spacial score (nSPS) is 52.4. The Hall–Kier alpha value is -0.370. The Bertz CT molecular complexity index is 468. The number of hydrogen-bond donors (Lipinski definition) is 0. The van der Waals surface area contributed by atoms with E-state index in [1.165, 1.54) is 6.42 Å². The molecule has 0 N–H and O–H groups in total. The minimum atomic E-state index is -0.137. The van der Waals surface area contributed by atoms with Crippen LogP contribution in [0.5, 0.6) is 0 Å². The third-order valence-electron chi connectivity index (χ3n) is 7.58. The molecule has 3 fully saturated rings. The molecule has 2 heteroatoms. The van der Waals surface area contributed by atoms with Crippen molar-refractivity contribution >= 4 is 5.78 Å². The lowest BCUT2D eigenvalue weighted by molar-refractivity contribution is -0.251. The van der Waals surface area contributed by atoms with Crippen molar-refractivity contribution in [2.45, 2.75) is 91.3 Å². The SMILES string of the molecule is CCC1(C)CCC2C(C)(CCC3C(C)(C)C(=O)CC23C)O1. The van der Waals surface area contributed by atoms with Gasteiger partial charge in [-0.05, 0) is 63.2 Å². The van der Waals surface area contributed by atoms with Gasteiger partial charge >= 0.3 is 0 Å². The summed E-state index contributed by atoms with van der Waals surface area (Å²) >= 11 is 0. The molecular weight excluding hydrogens is 260 g/mol. The van der Waals surface area contributed by atoms with Crippen molar-refractivity contribution in [1.29, 1.82) is 0 Å². The smallest absolute Gasteiger partial charge is 0.139 e. The van der Waals surface area contributed by atoms with Crippen molar-refractivity contribution in [3.63, 3.8) is 0 Å². The molecule has 3 rings (SSSR count). The highest BCUT2D eigenvalue weighted by atomic mass is 16.5. The molecule has 0 aromatic heterocycles. The lowest BCUT2D eigenvalue weighted by atomic mass is 9.52. The number of hydrogen-bond acceptors (Lipinski definition) is 2. The van der Waals surface area contributed by atoms with Gasteiger partial charge in [0.05, 0.1) is 11.2 Å². The monoisotopic (exact) mass is 292 g/mol. The van der Waals surface area contributed by atoms with Gasteiger partial charge in [-0.3, -0.25) is 4.79 Å². The Morgan fingerprint density at radius 3 is 2.29 bits per heavy atom. The standard InChI is InChI=1S/C19H32O2/c1-7-17(4)10-8-14-18(5)12-15(20)16(2,3)13(18)9-11-19(14,6)21-17/h13-14H,7-12H2,1-6H3. The largest absolute Gasteiger partial charge is 0.369 e. The zero-order valence-electron chi connectivity index (χ0n) is 14.7. The Kier molecular flexibility index (Phi) is 3.21. The van der Waals surface area contributed by atoms with Crippen LogP contribution < -0.4 is 0 Å². The highest BCUT2D eigenvalue weighted by molar-refractivity contribution is 5.88. The van der Waals surface area contributed by atoms with Gasteiger partial charge in [-0.25, -0.2) is 0 Å². The van der Waals surface area contributed by atoms with E-state index in [0.29, 0.717) is 17.6 Å². The van der Waals surface area contributed by atoms with Crippen LogP contribution in [0, 0.1) is 22.7 Å². The molecule has 0 amide bonds. The zero-order valence-corrected chi connectivity index (χ0v) is 14.7. The average Bonchev–Trinajstić information content (AvgIpc) is 2.54. The summed E-state index contributed by atoms with van der Waals surface area (Å²) in [6, 6.07) is 0. The summed E-state index contributed by atoms with van der Waals surface area (Å²) in [5, 5.41) is 0. The second-order valence-electron chi connectivity index (χ2n) is 9.23. The van der Waals surface area contributed by atoms with Crippen molar-refractivity contribution in [2.24, 2.45) is 22.7 Å². The highest BCUT2D eigenvalue weighted by Gasteiger charge is 2.65. The highest BCUT2D eigenvalue weighted by Crippen LogP contribution is 2.66. The summed E-state index contributed by atoms with van der Waals surface area (Å²) in [6.45, 7) is 13.6. The summed E-state index contributed by atoms with van der Waals surface area (Å²) < 4.78 is 6.68. The molecule has 0 spiro atoms. The van der Waals surface area contributed by atoms with Gasteiger partial charge in [0.15, 0.2) is 0 Å². The average molecular weight is 292 g/mol. The fraction of sp³-hybridized carbons (Fsp3) is 0.947. The molecule has 5 unspecified atom stereocenters. The summed E-state index contributed by atoms with van der Waals surface area (Å²) in [5.41, 5.74) is 0.00573. The second-order valence-corrected chi connectivity index (χ2v) is 9.23. The summed E-state index contributed by atoms with van der Waals surface area (Å²) in [4.78, 5) is 12.6. The Balaban J connectivity index is 1.96. The molecule has 2 aliphatic carbocycles. The number of rotatable bonds is 1. The third-order valence-corrected chi connectivity index (χ3v) is 7.58. The summed E-state index contributed by atoms with van der Waals surface area (Å²) in [6.07, 6.45) is 6.46.